The summed E-state index contributed by atoms with van der Waals surface area (Å²) in [5.41, 5.74) is -1.64. The Hall–Kier alpha value is -1.40. The highest BCUT2D eigenvalue weighted by atomic mass is 19.4. The molecule has 0 spiro atoms. The maximum atomic E-state index is 13.0. The van der Waals surface area contributed by atoms with Crippen LogP contribution in [0.1, 0.15) is 5.56 Å². The van der Waals surface area contributed by atoms with E-state index in [2.05, 4.69) is 4.74 Å². The van der Waals surface area contributed by atoms with Crippen LogP contribution in [0.25, 0.3) is 0 Å². The van der Waals surface area contributed by atoms with Gasteiger partial charge in [-0.05, 0) is 12.1 Å². The maximum absolute atomic E-state index is 13.0. The number of rotatable bonds is 2. The van der Waals surface area contributed by atoms with Crippen LogP contribution in [0.4, 0.5) is 26.3 Å². The largest absolute Gasteiger partial charge is 0.432 e. The smallest absolute Gasteiger partial charge is 0.419 e. The van der Waals surface area contributed by atoms with E-state index in [1.165, 1.54) is 0 Å². The Morgan fingerprint density at radius 1 is 1.13 bits per heavy atom. The fraction of sp³-hybridized carbons (Fsp3) is 0.250. The lowest BCUT2D eigenvalue weighted by Crippen LogP contribution is -2.11. The van der Waals surface area contributed by atoms with Crippen LogP contribution in [-0.2, 0) is 6.18 Å². The van der Waals surface area contributed by atoms with Gasteiger partial charge in [0.25, 0.3) is 0 Å². The summed E-state index contributed by atoms with van der Waals surface area (Å²) in [6.45, 7) is -3.37. The summed E-state index contributed by atoms with van der Waals surface area (Å²) >= 11 is 0. The van der Waals surface area contributed by atoms with Gasteiger partial charge in [-0.25, -0.2) is 4.39 Å². The van der Waals surface area contributed by atoms with Gasteiger partial charge >= 0.3 is 12.8 Å². The first-order chi connectivity index (χ1) is 6.82. The van der Waals surface area contributed by atoms with Crippen molar-refractivity contribution in [2.75, 3.05) is 0 Å². The molecule has 1 rings (SSSR count). The minimum absolute atomic E-state index is 0.438. The van der Waals surface area contributed by atoms with Crippen molar-refractivity contribution in [1.29, 1.82) is 0 Å². The SMILES string of the molecule is Fc1c(OC(F)F)cccc1C(F)(F)F. The van der Waals surface area contributed by atoms with E-state index in [4.69, 9.17) is 0 Å². The Morgan fingerprint density at radius 2 is 1.73 bits per heavy atom. The molecule has 1 aromatic rings. The van der Waals surface area contributed by atoms with E-state index in [0.29, 0.717) is 12.1 Å². The molecule has 7 heteroatoms. The summed E-state index contributed by atoms with van der Waals surface area (Å²) < 4.78 is 76.1. The zero-order valence-electron chi connectivity index (χ0n) is 6.99. The normalized spacial score (nSPS) is 11.9. The van der Waals surface area contributed by atoms with Crippen LogP contribution in [0.5, 0.6) is 5.75 Å². The highest BCUT2D eigenvalue weighted by Crippen LogP contribution is 2.34. The molecule has 0 heterocycles. The Labute approximate surface area is 80.3 Å². The number of alkyl halides is 5. The van der Waals surface area contributed by atoms with Crippen LogP contribution in [-0.4, -0.2) is 6.61 Å². The fourth-order valence-electron chi connectivity index (χ4n) is 0.917. The van der Waals surface area contributed by atoms with Crippen molar-refractivity contribution < 1.29 is 31.1 Å². The van der Waals surface area contributed by atoms with Crippen LogP contribution in [0.15, 0.2) is 18.2 Å². The zero-order chi connectivity index (χ0) is 11.6. The lowest BCUT2D eigenvalue weighted by molar-refractivity contribution is -0.140. The minimum atomic E-state index is -4.94. The average Bonchev–Trinajstić information content (AvgIpc) is 2.05. The number of hydrogen-bond acceptors (Lipinski definition) is 1. The van der Waals surface area contributed by atoms with Gasteiger partial charge in [0.2, 0.25) is 0 Å². The lowest BCUT2D eigenvalue weighted by atomic mass is 10.2. The maximum Gasteiger partial charge on any atom is 0.419 e. The second-order valence-corrected chi connectivity index (χ2v) is 2.49. The first kappa shape index (κ1) is 11.7. The summed E-state index contributed by atoms with van der Waals surface area (Å²) in [5, 5.41) is 0. The number of hydrogen-bond donors (Lipinski definition) is 0. The van der Waals surface area contributed by atoms with Crippen molar-refractivity contribution in [1.82, 2.24) is 0 Å². The molecule has 0 amide bonds. The van der Waals surface area contributed by atoms with E-state index in [0.717, 1.165) is 6.07 Å². The molecule has 0 fully saturated rings. The van der Waals surface area contributed by atoms with Crippen LogP contribution < -0.4 is 4.74 Å². The molecule has 0 atom stereocenters. The van der Waals surface area contributed by atoms with Crippen molar-refractivity contribution in [3.8, 4) is 5.75 Å². The molecule has 0 N–H and O–H groups in total. The predicted molar refractivity (Wildman–Crippen MR) is 38.0 cm³/mol. The van der Waals surface area contributed by atoms with E-state index in [1.807, 2.05) is 0 Å². The molecule has 0 unspecified atom stereocenters. The molecular formula is C8H4F6O. The summed E-state index contributed by atoms with van der Waals surface area (Å²) in [5.74, 6) is -2.97. The first-order valence-electron chi connectivity index (χ1n) is 3.63. The van der Waals surface area contributed by atoms with Gasteiger partial charge in [-0.1, -0.05) is 6.07 Å². The van der Waals surface area contributed by atoms with E-state index in [9.17, 15) is 26.3 Å². The van der Waals surface area contributed by atoms with E-state index >= 15 is 0 Å². The standard InChI is InChI=1S/C8H4F6O/c9-6-4(8(12,13)14)2-1-3-5(6)15-7(10)11/h1-3,7H. The highest BCUT2D eigenvalue weighted by Gasteiger charge is 2.35. The Bertz CT molecular complexity index is 345. The molecule has 0 aliphatic carbocycles. The van der Waals surface area contributed by atoms with Gasteiger partial charge in [-0.15, -0.1) is 0 Å². The third-order valence-electron chi connectivity index (χ3n) is 1.48. The predicted octanol–water partition coefficient (Wildman–Crippen LogP) is 3.45. The quantitative estimate of drug-likeness (QED) is 0.707. The first-order valence-corrected chi connectivity index (χ1v) is 3.63. The van der Waals surface area contributed by atoms with Gasteiger partial charge in [0.05, 0.1) is 5.56 Å². The summed E-state index contributed by atoms with van der Waals surface area (Å²) in [4.78, 5) is 0. The summed E-state index contributed by atoms with van der Waals surface area (Å²) in [6, 6.07) is 1.91. The summed E-state index contributed by atoms with van der Waals surface area (Å²) in [6.07, 6.45) is -4.94. The molecule has 1 aromatic carbocycles. The van der Waals surface area contributed by atoms with Gasteiger partial charge in [0.15, 0.2) is 11.6 Å². The molecule has 0 saturated heterocycles. The monoisotopic (exact) mass is 230 g/mol. The second kappa shape index (κ2) is 4.00. The van der Waals surface area contributed by atoms with E-state index < -0.39 is 29.9 Å². The topological polar surface area (TPSA) is 9.23 Å². The van der Waals surface area contributed by atoms with E-state index in [-0.39, 0.29) is 0 Å². The highest BCUT2D eigenvalue weighted by molar-refractivity contribution is 5.32. The summed E-state index contributed by atoms with van der Waals surface area (Å²) in [7, 11) is 0. The van der Waals surface area contributed by atoms with Crippen molar-refractivity contribution in [2.45, 2.75) is 12.8 Å². The van der Waals surface area contributed by atoms with Crippen LogP contribution in [0, 0.1) is 5.82 Å². The van der Waals surface area contributed by atoms with Gasteiger partial charge in [0, 0.05) is 0 Å². The molecule has 15 heavy (non-hydrogen) atoms. The van der Waals surface area contributed by atoms with Crippen molar-refractivity contribution in [3.63, 3.8) is 0 Å². The second-order valence-electron chi connectivity index (χ2n) is 2.49. The van der Waals surface area contributed by atoms with E-state index in [1.54, 1.807) is 0 Å². The molecular weight excluding hydrogens is 226 g/mol. The molecule has 0 aliphatic heterocycles. The third-order valence-corrected chi connectivity index (χ3v) is 1.48. The Balaban J connectivity index is 3.12. The fourth-order valence-corrected chi connectivity index (χ4v) is 0.917. The van der Waals surface area contributed by atoms with Crippen LogP contribution in [0.2, 0.25) is 0 Å². The minimum Gasteiger partial charge on any atom is -0.432 e. The molecule has 84 valence electrons. The van der Waals surface area contributed by atoms with Crippen molar-refractivity contribution in [2.24, 2.45) is 0 Å². The van der Waals surface area contributed by atoms with Gasteiger partial charge in [-0.3, -0.25) is 0 Å². The molecule has 1 nitrogen and oxygen atoms in total. The zero-order valence-corrected chi connectivity index (χ0v) is 6.99. The Kier molecular flexibility index (Phi) is 3.11. The average molecular weight is 230 g/mol. The number of ether oxygens (including phenoxy) is 1. The number of halogens is 6. The molecule has 0 bridgehead atoms. The van der Waals surface area contributed by atoms with Crippen molar-refractivity contribution >= 4 is 0 Å². The van der Waals surface area contributed by atoms with Gasteiger partial charge in [-0.2, -0.15) is 22.0 Å². The molecule has 0 aromatic heterocycles. The third kappa shape index (κ3) is 2.77. The van der Waals surface area contributed by atoms with Crippen molar-refractivity contribution in [3.05, 3.63) is 29.6 Å². The van der Waals surface area contributed by atoms with Gasteiger partial charge in [0.1, 0.15) is 0 Å². The van der Waals surface area contributed by atoms with Crippen LogP contribution >= 0.6 is 0 Å². The molecule has 0 aliphatic rings. The lowest BCUT2D eigenvalue weighted by Gasteiger charge is -2.11. The number of benzene rings is 1. The molecule has 0 radical (unpaired) electrons. The van der Waals surface area contributed by atoms with Gasteiger partial charge < -0.3 is 4.74 Å². The molecule has 0 saturated carbocycles. The van der Waals surface area contributed by atoms with Crippen LogP contribution in [0.3, 0.4) is 0 Å². The Morgan fingerprint density at radius 3 is 2.20 bits per heavy atom.